The average molecular weight is 341 g/mol. The lowest BCUT2D eigenvalue weighted by Crippen LogP contribution is -2.45. The Balaban J connectivity index is 1.90. The minimum absolute atomic E-state index is 0.119. The molecule has 23 heavy (non-hydrogen) atoms. The van der Waals surface area contributed by atoms with Gasteiger partial charge in [0.25, 0.3) is 0 Å². The van der Waals surface area contributed by atoms with Crippen molar-refractivity contribution in [3.8, 4) is 0 Å². The molecule has 0 bridgehead atoms. The summed E-state index contributed by atoms with van der Waals surface area (Å²) in [5.74, 6) is 0.119. The molecule has 3 rings (SSSR count). The lowest BCUT2D eigenvalue weighted by atomic mass is 10.1. The molecule has 1 aliphatic carbocycles. The smallest absolute Gasteiger partial charge is 0.351 e. The maximum absolute atomic E-state index is 12.1. The van der Waals surface area contributed by atoms with E-state index in [0.29, 0.717) is 5.54 Å². The highest BCUT2D eigenvalue weighted by Gasteiger charge is 2.51. The summed E-state index contributed by atoms with van der Waals surface area (Å²) >= 11 is 0. The van der Waals surface area contributed by atoms with E-state index in [0.717, 1.165) is 12.8 Å². The Morgan fingerprint density at radius 3 is 2.78 bits per heavy atom. The molecule has 2 fully saturated rings. The first kappa shape index (κ1) is 16.6. The van der Waals surface area contributed by atoms with Gasteiger partial charge >= 0.3 is 5.69 Å². The van der Waals surface area contributed by atoms with Gasteiger partial charge in [-0.15, -0.1) is 0 Å². The topological polar surface area (TPSA) is 120 Å². The van der Waals surface area contributed by atoms with E-state index in [9.17, 15) is 15.0 Å². The van der Waals surface area contributed by atoms with E-state index < -0.39 is 38.5 Å². The molecule has 1 aromatic rings. The van der Waals surface area contributed by atoms with Crippen LogP contribution in [0.15, 0.2) is 17.1 Å². The lowest BCUT2D eigenvalue weighted by molar-refractivity contribution is -0.0531. The van der Waals surface area contributed by atoms with Gasteiger partial charge in [-0.25, -0.2) is 4.79 Å². The molecule has 4 N–H and O–H groups in total. The van der Waals surface area contributed by atoms with E-state index in [2.05, 4.69) is 18.1 Å². The van der Waals surface area contributed by atoms with Gasteiger partial charge < -0.3 is 25.1 Å². The number of aliphatic hydroxyl groups excluding tert-OH is 2. The fourth-order valence-corrected chi connectivity index (χ4v) is 5.77. The highest BCUT2D eigenvalue weighted by Crippen LogP contribution is 2.47. The zero-order valence-corrected chi connectivity index (χ0v) is 14.3. The van der Waals surface area contributed by atoms with E-state index in [1.165, 1.54) is 16.8 Å². The number of nitrogen functional groups attached to an aromatic ring is 1. The lowest BCUT2D eigenvalue weighted by Gasteiger charge is -2.31. The minimum Gasteiger partial charge on any atom is -0.407 e. The number of aromatic nitrogens is 2. The molecule has 0 aromatic carbocycles. The third kappa shape index (κ3) is 3.19. The second-order valence-corrected chi connectivity index (χ2v) is 11.0. The standard InChI is InChI=1S/C14H23N3O5Si/c1-23(2,8-3-4-8)22-12-11(19)9(7-18)21-13(12)17-6-5-10(15)16-14(17)20/h5-6,8-9,11-13,18-19H,3-4,7H2,1-2H3,(H2,15,16,20). The number of nitrogens with zero attached hydrogens (tertiary/aromatic N) is 2. The van der Waals surface area contributed by atoms with Gasteiger partial charge in [-0.05, 0) is 24.7 Å². The van der Waals surface area contributed by atoms with Gasteiger partial charge in [0, 0.05) is 6.20 Å². The van der Waals surface area contributed by atoms with Crippen molar-refractivity contribution in [3.63, 3.8) is 0 Å². The first-order valence-electron chi connectivity index (χ1n) is 7.80. The molecular weight excluding hydrogens is 318 g/mol. The summed E-state index contributed by atoms with van der Waals surface area (Å²) in [7, 11) is -2.00. The van der Waals surface area contributed by atoms with Crippen LogP contribution in [0.1, 0.15) is 19.1 Å². The Morgan fingerprint density at radius 1 is 1.52 bits per heavy atom. The van der Waals surface area contributed by atoms with Crippen molar-refractivity contribution in [1.82, 2.24) is 9.55 Å². The summed E-state index contributed by atoms with van der Waals surface area (Å²) < 4.78 is 13.2. The van der Waals surface area contributed by atoms with Crippen LogP contribution in [0, 0.1) is 0 Å². The predicted molar refractivity (Wildman–Crippen MR) is 85.3 cm³/mol. The predicted octanol–water partition coefficient (Wildman–Crippen LogP) is -0.170. The number of aliphatic hydroxyl groups is 2. The molecule has 2 heterocycles. The molecule has 4 unspecified atom stereocenters. The van der Waals surface area contributed by atoms with Crippen LogP contribution in [-0.4, -0.2) is 53.0 Å². The maximum atomic E-state index is 12.1. The monoisotopic (exact) mass is 341 g/mol. The molecule has 2 aliphatic rings. The van der Waals surface area contributed by atoms with E-state index in [1.807, 2.05) is 0 Å². The van der Waals surface area contributed by atoms with Gasteiger partial charge in [0.1, 0.15) is 24.1 Å². The Kier molecular flexibility index (Phi) is 4.32. The molecule has 1 saturated heterocycles. The fourth-order valence-electron chi connectivity index (χ4n) is 3.07. The quantitative estimate of drug-likeness (QED) is 0.636. The highest BCUT2D eigenvalue weighted by molar-refractivity contribution is 6.73. The van der Waals surface area contributed by atoms with E-state index in [4.69, 9.17) is 14.9 Å². The van der Waals surface area contributed by atoms with Crippen LogP contribution in [0.2, 0.25) is 18.6 Å². The van der Waals surface area contributed by atoms with Crippen molar-refractivity contribution in [2.75, 3.05) is 12.3 Å². The Hall–Kier alpha value is -1.26. The first-order valence-corrected chi connectivity index (χ1v) is 10.8. The second-order valence-electron chi connectivity index (χ2n) is 6.74. The molecule has 4 atom stereocenters. The molecule has 9 heteroatoms. The molecular formula is C14H23N3O5Si. The zero-order chi connectivity index (χ0) is 16.8. The largest absolute Gasteiger partial charge is 0.407 e. The Bertz CT molecular complexity index is 633. The van der Waals surface area contributed by atoms with Crippen LogP contribution in [0.25, 0.3) is 0 Å². The SMILES string of the molecule is C[Si](C)(OC1C(O)C(CO)OC1n1ccc(N)nc1=O)C1CC1. The van der Waals surface area contributed by atoms with Crippen molar-refractivity contribution in [3.05, 3.63) is 22.7 Å². The normalized spacial score (nSPS) is 31.5. The van der Waals surface area contributed by atoms with Crippen LogP contribution < -0.4 is 11.4 Å². The van der Waals surface area contributed by atoms with Crippen molar-refractivity contribution in [1.29, 1.82) is 0 Å². The third-order valence-electron chi connectivity index (χ3n) is 4.62. The Morgan fingerprint density at radius 2 is 2.22 bits per heavy atom. The molecule has 8 nitrogen and oxygen atoms in total. The molecule has 0 radical (unpaired) electrons. The highest BCUT2D eigenvalue weighted by atomic mass is 28.4. The third-order valence-corrected chi connectivity index (χ3v) is 8.04. The van der Waals surface area contributed by atoms with Crippen molar-refractivity contribution in [2.45, 2.75) is 56.0 Å². The molecule has 1 saturated carbocycles. The van der Waals surface area contributed by atoms with Crippen LogP contribution in [0.5, 0.6) is 0 Å². The summed E-state index contributed by atoms with van der Waals surface area (Å²) in [5.41, 5.74) is 5.50. The van der Waals surface area contributed by atoms with Gasteiger partial charge in [-0.3, -0.25) is 4.57 Å². The molecule has 1 aliphatic heterocycles. The number of anilines is 1. The summed E-state index contributed by atoms with van der Waals surface area (Å²) in [6.07, 6.45) is 0.425. The summed E-state index contributed by atoms with van der Waals surface area (Å²) in [4.78, 5) is 15.8. The minimum atomic E-state index is -2.00. The van der Waals surface area contributed by atoms with E-state index in [-0.39, 0.29) is 12.4 Å². The first-order chi connectivity index (χ1) is 10.8. The van der Waals surface area contributed by atoms with Crippen molar-refractivity contribution >= 4 is 14.1 Å². The molecule has 0 amide bonds. The molecule has 128 valence electrons. The summed E-state index contributed by atoms with van der Waals surface area (Å²) in [5, 5.41) is 19.8. The number of rotatable bonds is 5. The van der Waals surface area contributed by atoms with Crippen LogP contribution in [-0.2, 0) is 9.16 Å². The number of nitrogens with two attached hydrogens (primary N) is 1. The van der Waals surface area contributed by atoms with E-state index in [1.54, 1.807) is 0 Å². The Labute approximate surface area is 135 Å². The fraction of sp³-hybridized carbons (Fsp3) is 0.714. The van der Waals surface area contributed by atoms with Gasteiger partial charge in [0.15, 0.2) is 14.5 Å². The van der Waals surface area contributed by atoms with Crippen molar-refractivity contribution in [2.24, 2.45) is 0 Å². The van der Waals surface area contributed by atoms with Crippen LogP contribution in [0.4, 0.5) is 5.82 Å². The number of hydrogen-bond donors (Lipinski definition) is 3. The van der Waals surface area contributed by atoms with E-state index >= 15 is 0 Å². The van der Waals surface area contributed by atoms with Gasteiger partial charge in [0.2, 0.25) is 0 Å². The zero-order valence-electron chi connectivity index (χ0n) is 13.3. The summed E-state index contributed by atoms with van der Waals surface area (Å²) in [6.45, 7) is 3.86. The maximum Gasteiger partial charge on any atom is 0.351 e. The number of hydrogen-bond acceptors (Lipinski definition) is 7. The van der Waals surface area contributed by atoms with Gasteiger partial charge in [-0.2, -0.15) is 4.98 Å². The van der Waals surface area contributed by atoms with Crippen molar-refractivity contribution < 1.29 is 19.4 Å². The average Bonchev–Trinajstić information content (AvgIpc) is 3.28. The number of ether oxygens (including phenoxy) is 1. The van der Waals surface area contributed by atoms with Crippen LogP contribution >= 0.6 is 0 Å². The molecule has 1 aromatic heterocycles. The summed E-state index contributed by atoms with van der Waals surface area (Å²) in [6, 6.07) is 1.49. The second kappa shape index (κ2) is 5.99. The van der Waals surface area contributed by atoms with Crippen LogP contribution in [0.3, 0.4) is 0 Å². The van der Waals surface area contributed by atoms with Gasteiger partial charge in [-0.1, -0.05) is 12.8 Å². The van der Waals surface area contributed by atoms with Gasteiger partial charge in [0.05, 0.1) is 6.61 Å². The molecule has 0 spiro atoms.